The number of rotatable bonds is 5. The van der Waals surface area contributed by atoms with Crippen molar-refractivity contribution in [2.45, 2.75) is 40.2 Å². The Labute approximate surface area is 126 Å². The molecule has 0 fully saturated rings. The van der Waals surface area contributed by atoms with Gasteiger partial charge in [-0.3, -0.25) is 0 Å². The van der Waals surface area contributed by atoms with E-state index < -0.39 is 0 Å². The van der Waals surface area contributed by atoms with Gasteiger partial charge in [-0.05, 0) is 68.6 Å². The average molecular weight is 292 g/mol. The van der Waals surface area contributed by atoms with Gasteiger partial charge in [0.2, 0.25) is 0 Å². The Morgan fingerprint density at radius 2 is 1.85 bits per heavy atom. The molecule has 108 valence electrons. The first kappa shape index (κ1) is 15.1. The van der Waals surface area contributed by atoms with Gasteiger partial charge in [-0.15, -0.1) is 0 Å². The van der Waals surface area contributed by atoms with Crippen molar-refractivity contribution in [2.24, 2.45) is 0 Å². The lowest BCUT2D eigenvalue weighted by Crippen LogP contribution is -2.23. The smallest absolute Gasteiger partial charge is 0.125 e. The third-order valence-electron chi connectivity index (χ3n) is 3.57. The molecule has 1 unspecified atom stereocenters. The predicted molar refractivity (Wildman–Crippen MR) is 84.5 cm³/mol. The molecule has 0 saturated carbocycles. The minimum atomic E-state index is 0.00968. The molecular weight excluding hydrogens is 270 g/mol. The number of furan rings is 1. The summed E-state index contributed by atoms with van der Waals surface area (Å²) in [4.78, 5) is 0. The molecule has 0 bridgehead atoms. The van der Waals surface area contributed by atoms with Gasteiger partial charge in [0.15, 0.2) is 0 Å². The van der Waals surface area contributed by atoms with Crippen molar-refractivity contribution in [3.8, 4) is 0 Å². The van der Waals surface area contributed by atoms with Gasteiger partial charge in [-0.2, -0.15) is 0 Å². The highest BCUT2D eigenvalue weighted by Gasteiger charge is 2.20. The lowest BCUT2D eigenvalue weighted by atomic mass is 9.99. The van der Waals surface area contributed by atoms with Crippen LogP contribution in [0.5, 0.6) is 0 Å². The van der Waals surface area contributed by atoms with Crippen LogP contribution in [0.2, 0.25) is 5.02 Å². The second-order valence-corrected chi connectivity index (χ2v) is 5.70. The number of aryl methyl sites for hydroxylation is 3. The van der Waals surface area contributed by atoms with Crippen LogP contribution < -0.4 is 5.32 Å². The normalized spacial score (nSPS) is 12.7. The molecule has 1 aromatic heterocycles. The van der Waals surface area contributed by atoms with Crippen molar-refractivity contribution < 1.29 is 4.42 Å². The first-order valence-electron chi connectivity index (χ1n) is 7.09. The van der Waals surface area contributed by atoms with Crippen LogP contribution in [0.15, 0.2) is 28.7 Å². The van der Waals surface area contributed by atoms with Gasteiger partial charge in [0.25, 0.3) is 0 Å². The highest BCUT2D eigenvalue weighted by molar-refractivity contribution is 6.31. The third-order valence-corrected chi connectivity index (χ3v) is 3.90. The minimum Gasteiger partial charge on any atom is -0.464 e. The van der Waals surface area contributed by atoms with E-state index in [4.69, 9.17) is 16.0 Å². The highest BCUT2D eigenvalue weighted by Crippen LogP contribution is 2.31. The molecule has 0 aliphatic rings. The Hall–Kier alpha value is -1.25. The fourth-order valence-corrected chi connectivity index (χ4v) is 2.61. The first-order valence-corrected chi connectivity index (χ1v) is 7.47. The van der Waals surface area contributed by atoms with Crippen molar-refractivity contribution in [3.05, 3.63) is 57.5 Å². The number of benzene rings is 1. The molecular formula is C17H22ClNO. The van der Waals surface area contributed by atoms with Crippen molar-refractivity contribution in [1.29, 1.82) is 0 Å². The van der Waals surface area contributed by atoms with Crippen LogP contribution in [0.4, 0.5) is 0 Å². The molecule has 2 rings (SSSR count). The molecule has 1 aromatic carbocycles. The Morgan fingerprint density at radius 1 is 1.15 bits per heavy atom. The molecule has 2 nitrogen and oxygen atoms in total. The zero-order valence-corrected chi connectivity index (χ0v) is 13.3. The summed E-state index contributed by atoms with van der Waals surface area (Å²) in [7, 11) is 0. The number of hydrogen-bond donors (Lipinski definition) is 1. The van der Waals surface area contributed by atoms with Crippen LogP contribution in [0, 0.1) is 20.8 Å². The fraction of sp³-hybridized carbons (Fsp3) is 0.412. The van der Waals surface area contributed by atoms with E-state index in [2.05, 4.69) is 32.2 Å². The minimum absolute atomic E-state index is 0.00968. The second kappa shape index (κ2) is 6.47. The Balaban J connectivity index is 2.43. The molecule has 0 spiro atoms. The van der Waals surface area contributed by atoms with E-state index in [1.807, 2.05) is 25.1 Å². The summed E-state index contributed by atoms with van der Waals surface area (Å²) in [6.45, 7) is 9.23. The molecule has 0 aliphatic heterocycles. The zero-order chi connectivity index (χ0) is 14.7. The maximum absolute atomic E-state index is 6.45. The van der Waals surface area contributed by atoms with Crippen molar-refractivity contribution in [2.75, 3.05) is 6.54 Å². The number of nitrogens with one attached hydrogen (secondary N) is 1. The van der Waals surface area contributed by atoms with E-state index >= 15 is 0 Å². The maximum Gasteiger partial charge on any atom is 0.125 e. The van der Waals surface area contributed by atoms with E-state index in [0.717, 1.165) is 35.1 Å². The summed E-state index contributed by atoms with van der Waals surface area (Å²) < 4.78 is 5.80. The number of halogens is 1. The average Bonchev–Trinajstić information content (AvgIpc) is 2.82. The second-order valence-electron chi connectivity index (χ2n) is 5.29. The Kier molecular flexibility index (Phi) is 4.90. The predicted octanol–water partition coefficient (Wildman–Crippen LogP) is 4.95. The van der Waals surface area contributed by atoms with Crippen LogP contribution in [-0.4, -0.2) is 6.54 Å². The topological polar surface area (TPSA) is 25.2 Å². The summed E-state index contributed by atoms with van der Waals surface area (Å²) in [5, 5.41) is 4.31. The summed E-state index contributed by atoms with van der Waals surface area (Å²) in [5.41, 5.74) is 3.54. The molecule has 1 atom stereocenters. The van der Waals surface area contributed by atoms with Crippen LogP contribution in [0.25, 0.3) is 0 Å². The molecule has 0 amide bonds. The molecule has 1 N–H and O–H groups in total. The van der Waals surface area contributed by atoms with Gasteiger partial charge in [0, 0.05) is 5.02 Å². The summed E-state index contributed by atoms with van der Waals surface area (Å²) >= 11 is 6.45. The van der Waals surface area contributed by atoms with Crippen LogP contribution in [-0.2, 0) is 0 Å². The SMILES string of the molecule is CCCNC(c1ccc(C)o1)c1cc(C)c(C)cc1Cl. The molecule has 20 heavy (non-hydrogen) atoms. The van der Waals surface area contributed by atoms with Gasteiger partial charge in [-0.1, -0.05) is 24.6 Å². The highest BCUT2D eigenvalue weighted by atomic mass is 35.5. The van der Waals surface area contributed by atoms with E-state index in [9.17, 15) is 0 Å². The van der Waals surface area contributed by atoms with Crippen LogP contribution >= 0.6 is 11.6 Å². The van der Waals surface area contributed by atoms with Gasteiger partial charge in [0.1, 0.15) is 11.5 Å². The summed E-state index contributed by atoms with van der Waals surface area (Å²) in [5.74, 6) is 1.84. The lowest BCUT2D eigenvalue weighted by Gasteiger charge is -2.19. The standard InChI is InChI=1S/C17H22ClNO/c1-5-8-19-17(16-7-6-13(4)20-16)14-9-11(2)12(3)10-15(14)18/h6-7,9-10,17,19H,5,8H2,1-4H3. The number of hydrogen-bond acceptors (Lipinski definition) is 2. The quantitative estimate of drug-likeness (QED) is 0.843. The Bertz CT molecular complexity index is 589. The largest absolute Gasteiger partial charge is 0.464 e. The molecule has 0 radical (unpaired) electrons. The van der Waals surface area contributed by atoms with Gasteiger partial charge < -0.3 is 9.73 Å². The van der Waals surface area contributed by atoms with E-state index in [1.165, 1.54) is 11.1 Å². The van der Waals surface area contributed by atoms with Gasteiger partial charge in [-0.25, -0.2) is 0 Å². The fourth-order valence-electron chi connectivity index (χ4n) is 2.29. The van der Waals surface area contributed by atoms with E-state index in [1.54, 1.807) is 0 Å². The Morgan fingerprint density at radius 3 is 2.45 bits per heavy atom. The van der Waals surface area contributed by atoms with Gasteiger partial charge in [0.05, 0.1) is 6.04 Å². The summed E-state index contributed by atoms with van der Waals surface area (Å²) in [6, 6.07) is 8.21. The monoisotopic (exact) mass is 291 g/mol. The summed E-state index contributed by atoms with van der Waals surface area (Å²) in [6.07, 6.45) is 1.07. The van der Waals surface area contributed by atoms with Crippen LogP contribution in [0.3, 0.4) is 0 Å². The van der Waals surface area contributed by atoms with E-state index in [0.29, 0.717) is 0 Å². The molecule has 0 saturated heterocycles. The lowest BCUT2D eigenvalue weighted by molar-refractivity contribution is 0.430. The van der Waals surface area contributed by atoms with Crippen LogP contribution in [0.1, 0.15) is 47.6 Å². The van der Waals surface area contributed by atoms with E-state index in [-0.39, 0.29) is 6.04 Å². The van der Waals surface area contributed by atoms with Crippen molar-refractivity contribution in [1.82, 2.24) is 5.32 Å². The molecule has 3 heteroatoms. The molecule has 2 aromatic rings. The van der Waals surface area contributed by atoms with Gasteiger partial charge >= 0.3 is 0 Å². The molecule has 1 heterocycles. The zero-order valence-electron chi connectivity index (χ0n) is 12.6. The molecule has 0 aliphatic carbocycles. The van der Waals surface area contributed by atoms with Crippen molar-refractivity contribution >= 4 is 11.6 Å². The third kappa shape index (κ3) is 3.25. The first-order chi connectivity index (χ1) is 9.52. The maximum atomic E-state index is 6.45. The van der Waals surface area contributed by atoms with Crippen molar-refractivity contribution in [3.63, 3.8) is 0 Å².